The van der Waals surface area contributed by atoms with Gasteiger partial charge in [-0.25, -0.2) is 4.68 Å². The first-order chi connectivity index (χ1) is 9.16. The van der Waals surface area contributed by atoms with Crippen LogP contribution in [0.2, 0.25) is 0 Å². The number of ether oxygens (including phenoxy) is 1. The van der Waals surface area contributed by atoms with Crippen LogP contribution in [0.15, 0.2) is 23.4 Å². The molecule has 0 saturated carbocycles. The third-order valence-corrected chi connectivity index (χ3v) is 3.80. The molecule has 0 aliphatic rings. The standard InChI is InChI=1S/C13H18N4OS/c1-10-5-6-11(2)12(9-10)18-7-4-8-19-13-14-15-16-17(13)3/h5-6,9H,4,7-8H2,1-3H3. The van der Waals surface area contributed by atoms with E-state index in [-0.39, 0.29) is 0 Å². The molecule has 0 amide bonds. The van der Waals surface area contributed by atoms with E-state index in [0.29, 0.717) is 6.61 Å². The van der Waals surface area contributed by atoms with Gasteiger partial charge in [0, 0.05) is 12.8 Å². The van der Waals surface area contributed by atoms with E-state index in [1.807, 2.05) is 7.05 Å². The van der Waals surface area contributed by atoms with Crippen LogP contribution in [0.1, 0.15) is 17.5 Å². The third-order valence-electron chi connectivity index (χ3n) is 2.70. The highest BCUT2D eigenvalue weighted by atomic mass is 32.2. The monoisotopic (exact) mass is 278 g/mol. The smallest absolute Gasteiger partial charge is 0.209 e. The molecule has 2 rings (SSSR count). The van der Waals surface area contributed by atoms with Gasteiger partial charge in [-0.15, -0.1) is 5.10 Å². The zero-order valence-electron chi connectivity index (χ0n) is 11.5. The highest BCUT2D eigenvalue weighted by Gasteiger charge is 2.03. The van der Waals surface area contributed by atoms with Crippen LogP contribution in [0.3, 0.4) is 0 Å². The Bertz CT molecular complexity index is 541. The second-order valence-electron chi connectivity index (χ2n) is 4.40. The Morgan fingerprint density at radius 3 is 2.89 bits per heavy atom. The molecule has 0 N–H and O–H groups in total. The Hall–Kier alpha value is -1.56. The lowest BCUT2D eigenvalue weighted by atomic mass is 10.1. The van der Waals surface area contributed by atoms with E-state index in [1.165, 1.54) is 11.1 Å². The normalized spacial score (nSPS) is 10.7. The van der Waals surface area contributed by atoms with Crippen molar-refractivity contribution in [2.75, 3.05) is 12.4 Å². The average molecular weight is 278 g/mol. The first-order valence-corrected chi connectivity index (χ1v) is 7.20. The predicted molar refractivity (Wildman–Crippen MR) is 75.6 cm³/mol. The van der Waals surface area contributed by atoms with Crippen molar-refractivity contribution >= 4 is 11.8 Å². The fourth-order valence-corrected chi connectivity index (χ4v) is 2.37. The Labute approximate surface area is 117 Å². The van der Waals surface area contributed by atoms with E-state index in [2.05, 4.69) is 47.6 Å². The molecule has 102 valence electrons. The zero-order chi connectivity index (χ0) is 13.7. The number of thioether (sulfide) groups is 1. The van der Waals surface area contributed by atoms with E-state index < -0.39 is 0 Å². The van der Waals surface area contributed by atoms with Crippen LogP contribution in [-0.4, -0.2) is 32.6 Å². The van der Waals surface area contributed by atoms with Crippen molar-refractivity contribution in [2.45, 2.75) is 25.4 Å². The molecule has 1 aromatic carbocycles. The minimum absolute atomic E-state index is 0.711. The van der Waals surface area contributed by atoms with E-state index in [1.54, 1.807) is 16.4 Å². The molecule has 0 unspecified atom stereocenters. The summed E-state index contributed by atoms with van der Waals surface area (Å²) in [6, 6.07) is 6.26. The lowest BCUT2D eigenvalue weighted by molar-refractivity contribution is 0.316. The Morgan fingerprint density at radius 1 is 1.32 bits per heavy atom. The minimum Gasteiger partial charge on any atom is -0.493 e. The zero-order valence-corrected chi connectivity index (χ0v) is 12.3. The van der Waals surface area contributed by atoms with Crippen LogP contribution >= 0.6 is 11.8 Å². The van der Waals surface area contributed by atoms with Gasteiger partial charge in [0.25, 0.3) is 0 Å². The second-order valence-corrected chi connectivity index (χ2v) is 5.47. The number of hydrogen-bond donors (Lipinski definition) is 0. The third kappa shape index (κ3) is 3.96. The maximum atomic E-state index is 5.80. The van der Waals surface area contributed by atoms with E-state index in [0.717, 1.165) is 23.1 Å². The molecule has 1 aromatic heterocycles. The summed E-state index contributed by atoms with van der Waals surface area (Å²) in [6.45, 7) is 4.85. The summed E-state index contributed by atoms with van der Waals surface area (Å²) in [6.07, 6.45) is 0.963. The Kier molecular flexibility index (Phi) is 4.79. The van der Waals surface area contributed by atoms with Gasteiger partial charge in [-0.2, -0.15) is 0 Å². The maximum absolute atomic E-state index is 5.80. The van der Waals surface area contributed by atoms with Gasteiger partial charge in [0.2, 0.25) is 5.16 Å². The summed E-state index contributed by atoms with van der Waals surface area (Å²) in [5, 5.41) is 12.1. The Morgan fingerprint density at radius 2 is 2.16 bits per heavy atom. The van der Waals surface area contributed by atoms with Crippen molar-refractivity contribution in [3.05, 3.63) is 29.3 Å². The first-order valence-electron chi connectivity index (χ1n) is 6.22. The average Bonchev–Trinajstić information content (AvgIpc) is 2.79. The molecule has 1 heterocycles. The summed E-state index contributed by atoms with van der Waals surface area (Å²) in [5.74, 6) is 1.92. The molecule has 0 aliphatic carbocycles. The topological polar surface area (TPSA) is 52.8 Å². The highest BCUT2D eigenvalue weighted by molar-refractivity contribution is 7.99. The Balaban J connectivity index is 1.72. The summed E-state index contributed by atoms with van der Waals surface area (Å²) >= 11 is 1.64. The van der Waals surface area contributed by atoms with Crippen LogP contribution in [0, 0.1) is 13.8 Å². The van der Waals surface area contributed by atoms with Crippen LogP contribution in [0.25, 0.3) is 0 Å². The van der Waals surface area contributed by atoms with E-state index >= 15 is 0 Å². The molecule has 0 aliphatic heterocycles. The molecule has 5 nitrogen and oxygen atoms in total. The molecule has 0 spiro atoms. The molecule has 0 radical (unpaired) electrons. The van der Waals surface area contributed by atoms with Crippen LogP contribution in [0.4, 0.5) is 0 Å². The SMILES string of the molecule is Cc1ccc(C)c(OCCCSc2nnnn2C)c1. The van der Waals surface area contributed by atoms with Crippen LogP contribution in [0.5, 0.6) is 5.75 Å². The summed E-state index contributed by atoms with van der Waals surface area (Å²) < 4.78 is 7.47. The lowest BCUT2D eigenvalue weighted by Gasteiger charge is -2.09. The van der Waals surface area contributed by atoms with Gasteiger partial charge in [-0.1, -0.05) is 23.9 Å². The van der Waals surface area contributed by atoms with Gasteiger partial charge >= 0.3 is 0 Å². The number of hydrogen-bond acceptors (Lipinski definition) is 5. The summed E-state index contributed by atoms with van der Waals surface area (Å²) in [4.78, 5) is 0. The molecule has 6 heteroatoms. The second kappa shape index (κ2) is 6.56. The van der Waals surface area contributed by atoms with Gasteiger partial charge in [-0.3, -0.25) is 0 Å². The van der Waals surface area contributed by atoms with Crippen molar-refractivity contribution in [1.29, 1.82) is 0 Å². The number of nitrogens with zero attached hydrogens (tertiary/aromatic N) is 4. The summed E-state index contributed by atoms with van der Waals surface area (Å²) in [7, 11) is 1.84. The number of tetrazole rings is 1. The van der Waals surface area contributed by atoms with E-state index in [9.17, 15) is 0 Å². The quantitative estimate of drug-likeness (QED) is 0.600. The maximum Gasteiger partial charge on any atom is 0.209 e. The van der Waals surface area contributed by atoms with Crippen molar-refractivity contribution in [2.24, 2.45) is 7.05 Å². The highest BCUT2D eigenvalue weighted by Crippen LogP contribution is 2.20. The van der Waals surface area contributed by atoms with E-state index in [4.69, 9.17) is 4.74 Å². The van der Waals surface area contributed by atoms with Gasteiger partial charge < -0.3 is 4.74 Å². The summed E-state index contributed by atoms with van der Waals surface area (Å²) in [5.41, 5.74) is 2.40. The number of aromatic nitrogens is 4. The molecule has 0 saturated heterocycles. The molecular weight excluding hydrogens is 260 g/mol. The number of benzene rings is 1. The van der Waals surface area contributed by atoms with Crippen molar-refractivity contribution in [3.8, 4) is 5.75 Å². The van der Waals surface area contributed by atoms with Gasteiger partial charge in [0.1, 0.15) is 5.75 Å². The molecule has 2 aromatic rings. The minimum atomic E-state index is 0.711. The fraction of sp³-hybridized carbons (Fsp3) is 0.462. The molecule has 0 atom stereocenters. The number of rotatable bonds is 6. The predicted octanol–water partition coefficient (Wildman–Crippen LogP) is 2.39. The van der Waals surface area contributed by atoms with Gasteiger partial charge in [0.05, 0.1) is 6.61 Å². The largest absolute Gasteiger partial charge is 0.493 e. The number of aryl methyl sites for hydroxylation is 3. The molecule has 0 bridgehead atoms. The van der Waals surface area contributed by atoms with Crippen LogP contribution in [-0.2, 0) is 7.05 Å². The van der Waals surface area contributed by atoms with Gasteiger partial charge in [0.15, 0.2) is 0 Å². The van der Waals surface area contributed by atoms with Gasteiger partial charge in [-0.05, 0) is 47.9 Å². The lowest BCUT2D eigenvalue weighted by Crippen LogP contribution is -2.01. The van der Waals surface area contributed by atoms with Crippen molar-refractivity contribution < 1.29 is 4.74 Å². The molecule has 19 heavy (non-hydrogen) atoms. The first kappa shape index (κ1) is 13.9. The fourth-order valence-electron chi connectivity index (χ4n) is 1.61. The van der Waals surface area contributed by atoms with Crippen molar-refractivity contribution in [1.82, 2.24) is 20.2 Å². The molecule has 0 fully saturated rings. The van der Waals surface area contributed by atoms with Crippen LogP contribution < -0.4 is 4.74 Å². The van der Waals surface area contributed by atoms with Crippen molar-refractivity contribution in [3.63, 3.8) is 0 Å². The molecular formula is C13H18N4OS.